The summed E-state index contributed by atoms with van der Waals surface area (Å²) < 4.78 is 27.9. The third-order valence-electron chi connectivity index (χ3n) is 5.99. The van der Waals surface area contributed by atoms with Crippen LogP contribution < -0.4 is 10.2 Å². The molecule has 0 bridgehead atoms. The van der Waals surface area contributed by atoms with E-state index in [9.17, 15) is 18.0 Å². The quantitative estimate of drug-likeness (QED) is 0.672. The van der Waals surface area contributed by atoms with Crippen LogP contribution in [0.25, 0.3) is 0 Å². The van der Waals surface area contributed by atoms with Gasteiger partial charge in [-0.15, -0.1) is 0 Å². The second-order valence-electron chi connectivity index (χ2n) is 9.36. The molecule has 178 valence electrons. The van der Waals surface area contributed by atoms with Crippen LogP contribution in [0.4, 0.5) is 5.69 Å². The molecule has 2 aromatic carbocycles. The van der Waals surface area contributed by atoms with Crippen LogP contribution in [0.2, 0.25) is 0 Å². The molecule has 0 saturated carbocycles. The molecule has 8 heteroatoms. The SMILES string of the molecule is Cc1ccc(N2C(=O)CN(S(=O)(=O)c3ccc(C)cc3)C[C@@]2(C)C(=O)NCCC(C)C)cc1. The molecule has 0 aromatic heterocycles. The topological polar surface area (TPSA) is 86.8 Å². The number of sulfonamides is 1. The predicted molar refractivity (Wildman–Crippen MR) is 129 cm³/mol. The smallest absolute Gasteiger partial charge is 0.247 e. The third-order valence-corrected chi connectivity index (χ3v) is 7.79. The molecule has 0 unspecified atom stereocenters. The minimum atomic E-state index is -3.96. The number of carbonyl (C=O) groups excluding carboxylic acids is 2. The zero-order valence-corrected chi connectivity index (χ0v) is 20.8. The Balaban J connectivity index is 1.99. The summed E-state index contributed by atoms with van der Waals surface area (Å²) in [6, 6.07) is 13.8. The standard InChI is InChI=1S/C25H33N3O4S/c1-18(2)14-15-26-24(30)25(5)17-27(33(31,32)22-12-8-20(4)9-13-22)16-23(29)28(25)21-10-6-19(3)7-11-21/h6-13,18H,14-17H2,1-5H3,(H,26,30)/t25-/m0/s1. The van der Waals surface area contributed by atoms with Crippen LogP contribution in [0.1, 0.15) is 38.3 Å². The first-order valence-electron chi connectivity index (χ1n) is 11.2. The van der Waals surface area contributed by atoms with Crippen molar-refractivity contribution >= 4 is 27.5 Å². The number of carbonyl (C=O) groups is 2. The summed E-state index contributed by atoms with van der Waals surface area (Å²) in [7, 11) is -3.96. The number of amides is 2. The first-order chi connectivity index (χ1) is 15.4. The Labute approximate surface area is 196 Å². The number of hydrogen-bond acceptors (Lipinski definition) is 4. The van der Waals surface area contributed by atoms with Gasteiger partial charge in [0.2, 0.25) is 21.8 Å². The van der Waals surface area contributed by atoms with E-state index in [4.69, 9.17) is 0 Å². The van der Waals surface area contributed by atoms with Crippen molar-refractivity contribution in [2.75, 3.05) is 24.5 Å². The zero-order valence-electron chi connectivity index (χ0n) is 20.0. The van der Waals surface area contributed by atoms with Gasteiger partial charge in [-0.25, -0.2) is 8.42 Å². The Morgan fingerprint density at radius 2 is 1.58 bits per heavy atom. The normalized spacial score (nSPS) is 19.7. The number of nitrogens with zero attached hydrogens (tertiary/aromatic N) is 2. The largest absolute Gasteiger partial charge is 0.354 e. The molecule has 0 radical (unpaired) electrons. The van der Waals surface area contributed by atoms with Crippen molar-refractivity contribution in [3.63, 3.8) is 0 Å². The van der Waals surface area contributed by atoms with E-state index in [2.05, 4.69) is 19.2 Å². The number of nitrogens with one attached hydrogen (secondary N) is 1. The van der Waals surface area contributed by atoms with Gasteiger partial charge in [-0.1, -0.05) is 49.2 Å². The van der Waals surface area contributed by atoms with Crippen LogP contribution in [0, 0.1) is 19.8 Å². The average Bonchev–Trinajstić information content (AvgIpc) is 2.74. The second-order valence-corrected chi connectivity index (χ2v) is 11.3. The maximum atomic E-state index is 13.4. The van der Waals surface area contributed by atoms with E-state index in [0.29, 0.717) is 18.2 Å². The lowest BCUT2D eigenvalue weighted by Crippen LogP contribution is -2.70. The Morgan fingerprint density at radius 3 is 2.12 bits per heavy atom. The van der Waals surface area contributed by atoms with E-state index in [1.807, 2.05) is 26.0 Å². The molecule has 0 spiro atoms. The van der Waals surface area contributed by atoms with E-state index < -0.39 is 21.5 Å². The molecule has 7 nitrogen and oxygen atoms in total. The third kappa shape index (κ3) is 5.28. The molecule has 1 heterocycles. The highest BCUT2D eigenvalue weighted by molar-refractivity contribution is 7.89. The fourth-order valence-electron chi connectivity index (χ4n) is 3.96. The van der Waals surface area contributed by atoms with Crippen LogP contribution in [0.5, 0.6) is 0 Å². The summed E-state index contributed by atoms with van der Waals surface area (Å²) in [6.45, 7) is 9.54. The van der Waals surface area contributed by atoms with Crippen molar-refractivity contribution in [3.05, 3.63) is 59.7 Å². The molecule has 0 aliphatic carbocycles. The average molecular weight is 472 g/mol. The lowest BCUT2D eigenvalue weighted by molar-refractivity contribution is -0.132. The van der Waals surface area contributed by atoms with Gasteiger partial charge in [0.05, 0.1) is 11.4 Å². The van der Waals surface area contributed by atoms with Gasteiger partial charge in [-0.2, -0.15) is 4.31 Å². The zero-order chi connectivity index (χ0) is 24.4. The van der Waals surface area contributed by atoms with Gasteiger partial charge >= 0.3 is 0 Å². The molecule has 1 fully saturated rings. The highest BCUT2D eigenvalue weighted by atomic mass is 32.2. The molecule has 1 N–H and O–H groups in total. The van der Waals surface area contributed by atoms with Gasteiger partial charge in [0.15, 0.2) is 0 Å². The number of piperazine rings is 1. The summed E-state index contributed by atoms with van der Waals surface area (Å²) in [5.74, 6) is -0.416. The van der Waals surface area contributed by atoms with Gasteiger partial charge in [0.1, 0.15) is 5.54 Å². The lowest BCUT2D eigenvalue weighted by Gasteiger charge is -2.46. The fourth-order valence-corrected chi connectivity index (χ4v) is 5.44. The molecule has 3 rings (SSSR count). The van der Waals surface area contributed by atoms with E-state index in [1.54, 1.807) is 31.2 Å². The van der Waals surface area contributed by atoms with Crippen LogP contribution in [-0.4, -0.2) is 49.7 Å². The lowest BCUT2D eigenvalue weighted by atomic mass is 9.94. The van der Waals surface area contributed by atoms with E-state index in [1.165, 1.54) is 17.0 Å². The van der Waals surface area contributed by atoms with E-state index in [0.717, 1.165) is 21.9 Å². The minimum absolute atomic E-state index is 0.104. The Kier molecular flexibility index (Phi) is 7.29. The number of hydrogen-bond donors (Lipinski definition) is 1. The van der Waals surface area contributed by atoms with Gasteiger partial charge in [0.25, 0.3) is 0 Å². The summed E-state index contributed by atoms with van der Waals surface area (Å²) in [6.07, 6.45) is 0.783. The van der Waals surface area contributed by atoms with Crippen molar-refractivity contribution in [1.82, 2.24) is 9.62 Å². The second kappa shape index (κ2) is 9.65. The molecule has 1 aliphatic rings. The number of anilines is 1. The molecule has 2 aromatic rings. The van der Waals surface area contributed by atoms with Crippen LogP contribution in [-0.2, 0) is 19.6 Å². The van der Waals surface area contributed by atoms with Crippen molar-refractivity contribution in [3.8, 4) is 0 Å². The summed E-state index contributed by atoms with van der Waals surface area (Å²) in [5, 5.41) is 2.92. The number of aryl methyl sites for hydroxylation is 2. The predicted octanol–water partition coefficient (Wildman–Crippen LogP) is 3.26. The van der Waals surface area contributed by atoms with Crippen LogP contribution >= 0.6 is 0 Å². The first-order valence-corrected chi connectivity index (χ1v) is 12.6. The maximum Gasteiger partial charge on any atom is 0.247 e. The van der Waals surface area contributed by atoms with Crippen molar-refractivity contribution in [2.24, 2.45) is 5.92 Å². The summed E-state index contributed by atoms with van der Waals surface area (Å²) in [5.41, 5.74) is 1.12. The van der Waals surface area contributed by atoms with Gasteiger partial charge in [-0.05, 0) is 57.4 Å². The van der Waals surface area contributed by atoms with Gasteiger partial charge < -0.3 is 5.32 Å². The Bertz CT molecular complexity index is 1110. The summed E-state index contributed by atoms with van der Waals surface area (Å²) >= 11 is 0. The monoisotopic (exact) mass is 471 g/mol. The number of benzene rings is 2. The Morgan fingerprint density at radius 1 is 1.03 bits per heavy atom. The molecular weight excluding hydrogens is 438 g/mol. The van der Waals surface area contributed by atoms with E-state index >= 15 is 0 Å². The van der Waals surface area contributed by atoms with Crippen molar-refractivity contribution in [2.45, 2.75) is 51.5 Å². The summed E-state index contributed by atoms with van der Waals surface area (Å²) in [4.78, 5) is 28.3. The number of rotatable bonds is 7. The molecule has 33 heavy (non-hydrogen) atoms. The first kappa shape index (κ1) is 24.9. The van der Waals surface area contributed by atoms with Crippen LogP contribution in [0.3, 0.4) is 0 Å². The Hall–Kier alpha value is -2.71. The molecule has 2 amide bonds. The van der Waals surface area contributed by atoms with Gasteiger partial charge in [0, 0.05) is 18.8 Å². The highest BCUT2D eigenvalue weighted by Gasteiger charge is 2.51. The highest BCUT2D eigenvalue weighted by Crippen LogP contribution is 2.32. The maximum absolute atomic E-state index is 13.4. The van der Waals surface area contributed by atoms with Crippen LogP contribution in [0.15, 0.2) is 53.4 Å². The molecule has 1 aliphatic heterocycles. The molecule has 1 atom stereocenters. The molecular formula is C25H33N3O4S. The minimum Gasteiger partial charge on any atom is -0.354 e. The molecule has 1 saturated heterocycles. The van der Waals surface area contributed by atoms with Crippen molar-refractivity contribution < 1.29 is 18.0 Å². The fraction of sp³-hybridized carbons (Fsp3) is 0.440. The van der Waals surface area contributed by atoms with Gasteiger partial charge in [-0.3, -0.25) is 14.5 Å². The van der Waals surface area contributed by atoms with E-state index in [-0.39, 0.29) is 23.9 Å². The van der Waals surface area contributed by atoms with Crippen molar-refractivity contribution in [1.29, 1.82) is 0 Å².